The monoisotopic (exact) mass is 1490 g/mol. The fourth-order valence-electron chi connectivity index (χ4n) is 10.9. The Balaban J connectivity index is 0.000000157. The summed E-state index contributed by atoms with van der Waals surface area (Å²) in [6.07, 6.45) is 6.41. The van der Waals surface area contributed by atoms with Gasteiger partial charge < -0.3 is 16.0 Å². The second-order valence-electron chi connectivity index (χ2n) is 22.7. The van der Waals surface area contributed by atoms with E-state index in [1.165, 1.54) is 91.6 Å². The van der Waals surface area contributed by atoms with E-state index in [1.54, 1.807) is 14.0 Å². The van der Waals surface area contributed by atoms with Gasteiger partial charge in [0, 0.05) is 124 Å². The highest BCUT2D eigenvalue weighted by molar-refractivity contribution is 7.87. The lowest BCUT2D eigenvalue weighted by Gasteiger charge is -2.35. The molecule has 0 aliphatic carbocycles. The van der Waals surface area contributed by atoms with Gasteiger partial charge in [-0.05, 0) is 131 Å². The molecule has 2 unspecified atom stereocenters. The van der Waals surface area contributed by atoms with E-state index in [2.05, 4.69) is 45.4 Å². The molecule has 3 amide bonds. The van der Waals surface area contributed by atoms with Crippen LogP contribution in [0.5, 0.6) is 0 Å². The largest absolute Gasteiger partial charge is 0.325 e. The molecular weight excluding hydrogens is 1430 g/mol. The van der Waals surface area contributed by atoms with Crippen LogP contribution in [0.2, 0.25) is 15.1 Å². The molecule has 3 aliphatic rings. The highest BCUT2D eigenvalue weighted by Crippen LogP contribution is 2.41. The second-order valence-corrected chi connectivity index (χ2v) is 32.5. The zero-order valence-corrected chi connectivity index (χ0v) is 59.6. The highest BCUT2D eigenvalue weighted by atomic mass is 35.5. The SMILES string of the molecule is Cc1nn(C)cc1-c1ccc(C2CC(C(=O)Nc3ccc(F)c(Cl)c3)N(C)S(=O)(=O)N2)s1.Cc1nn(C)cc1-c1ccc([C@@H]2C[C@H](C(=O)Nc3ccc(F)c(Cl)c3)N(C)S(=O)(=O)N2)s1.Cc1nn(C)cc1-c1ccc([C@H]2C[C@@H](C(=O)Nc3ccc(F)c(Cl)c3)N(C)S(=O)(=O)N2)s1. The minimum absolute atomic E-state index is 0.135. The Kier molecular flexibility index (Phi) is 21.6. The van der Waals surface area contributed by atoms with Crippen LogP contribution >= 0.6 is 68.8 Å². The van der Waals surface area contributed by atoms with Gasteiger partial charge in [-0.1, -0.05) is 34.8 Å². The third-order valence-electron chi connectivity index (χ3n) is 15.9. The van der Waals surface area contributed by atoms with Crippen molar-refractivity contribution in [2.75, 3.05) is 37.1 Å². The Morgan fingerprint density at radius 2 is 0.688 bits per heavy atom. The van der Waals surface area contributed by atoms with Crippen molar-refractivity contribution in [3.8, 4) is 31.3 Å². The summed E-state index contributed by atoms with van der Waals surface area (Å²) >= 11 is 21.7. The molecule has 3 aromatic carbocycles. The van der Waals surface area contributed by atoms with Crippen LogP contribution in [0.4, 0.5) is 30.2 Å². The topological polar surface area (TPSA) is 289 Å². The lowest BCUT2D eigenvalue weighted by atomic mass is 10.1. The van der Waals surface area contributed by atoms with E-state index in [0.717, 1.165) is 94.1 Å². The van der Waals surface area contributed by atoms with E-state index < -0.39 is 102 Å². The molecule has 9 aromatic rings. The average Bonchev–Trinajstić information content (AvgIpc) is 1.00. The van der Waals surface area contributed by atoms with E-state index in [0.29, 0.717) is 0 Å². The van der Waals surface area contributed by atoms with Gasteiger partial charge in [0.15, 0.2) is 0 Å². The summed E-state index contributed by atoms with van der Waals surface area (Å²) in [4.78, 5) is 44.0. The van der Waals surface area contributed by atoms with Crippen molar-refractivity contribution in [1.29, 1.82) is 0 Å². The molecule has 96 heavy (non-hydrogen) atoms. The van der Waals surface area contributed by atoms with Gasteiger partial charge in [0.1, 0.15) is 35.6 Å². The molecule has 3 aliphatic heterocycles. The van der Waals surface area contributed by atoms with E-state index in [9.17, 15) is 52.8 Å². The molecule has 0 bridgehead atoms. The van der Waals surface area contributed by atoms with E-state index in [4.69, 9.17) is 34.8 Å². The highest BCUT2D eigenvalue weighted by Gasteiger charge is 2.44. The molecule has 9 heterocycles. The van der Waals surface area contributed by atoms with Crippen molar-refractivity contribution in [2.24, 2.45) is 21.1 Å². The van der Waals surface area contributed by atoms with Crippen LogP contribution in [-0.4, -0.2) is 125 Å². The molecule has 6 atom stereocenters. The molecule has 24 nitrogen and oxygen atoms in total. The van der Waals surface area contributed by atoms with Crippen LogP contribution in [0.15, 0.2) is 110 Å². The molecule has 510 valence electrons. The van der Waals surface area contributed by atoms with E-state index in [-0.39, 0.29) is 51.4 Å². The predicted molar refractivity (Wildman–Crippen MR) is 367 cm³/mol. The van der Waals surface area contributed by atoms with Crippen molar-refractivity contribution >= 4 is 134 Å². The molecule has 0 saturated carbocycles. The van der Waals surface area contributed by atoms with Gasteiger partial charge in [-0.3, -0.25) is 28.4 Å². The molecule has 3 saturated heterocycles. The molecular formula is C60H63Cl3F3N15O9S6. The van der Waals surface area contributed by atoms with E-state index >= 15 is 0 Å². The minimum Gasteiger partial charge on any atom is -0.325 e. The van der Waals surface area contributed by atoms with Crippen LogP contribution in [0.3, 0.4) is 0 Å². The molecule has 0 spiro atoms. The Labute approximate surface area is 578 Å². The van der Waals surface area contributed by atoms with Crippen LogP contribution in [0, 0.1) is 38.2 Å². The molecule has 36 heteroatoms. The Morgan fingerprint density at radius 3 is 0.906 bits per heavy atom. The number of nitrogens with zero attached hydrogens (tertiary/aromatic N) is 9. The number of halogens is 6. The van der Waals surface area contributed by atoms with Gasteiger partial charge in [0.25, 0.3) is 30.6 Å². The van der Waals surface area contributed by atoms with E-state index in [1.807, 2.05) is 96.9 Å². The number of thiophene rings is 3. The van der Waals surface area contributed by atoms with Gasteiger partial charge in [-0.25, -0.2) is 13.2 Å². The maximum Gasteiger partial charge on any atom is 0.280 e. The summed E-state index contributed by atoms with van der Waals surface area (Å²) in [6, 6.07) is 18.1. The van der Waals surface area contributed by atoms with Crippen molar-refractivity contribution in [3.63, 3.8) is 0 Å². The van der Waals surface area contributed by atoms with Crippen LogP contribution < -0.4 is 30.1 Å². The number of aryl methyl sites for hydroxylation is 6. The molecule has 12 rings (SSSR count). The van der Waals surface area contributed by atoms with Crippen LogP contribution in [0.25, 0.3) is 31.3 Å². The average molecular weight is 1490 g/mol. The number of rotatable bonds is 12. The number of nitrogens with one attached hydrogen (secondary N) is 6. The first-order valence-electron chi connectivity index (χ1n) is 29.0. The first-order valence-corrected chi connectivity index (χ1v) is 36.9. The number of benzene rings is 3. The van der Waals surface area contributed by atoms with Crippen LogP contribution in [0.1, 0.15) is 69.1 Å². The number of aromatic nitrogens is 6. The summed E-state index contributed by atoms with van der Waals surface area (Å²) in [5, 5.41) is 20.5. The first-order chi connectivity index (χ1) is 45.1. The Bertz CT molecular complexity index is 4340. The smallest absolute Gasteiger partial charge is 0.280 e. The summed E-state index contributed by atoms with van der Waals surface area (Å²) < 4.78 is 133. The number of hydrogen-bond donors (Lipinski definition) is 6. The first kappa shape index (κ1) is 71.8. The van der Waals surface area contributed by atoms with Gasteiger partial charge in [-0.15, -0.1) is 34.0 Å². The maximum absolute atomic E-state index is 13.4. The summed E-state index contributed by atoms with van der Waals surface area (Å²) in [6.45, 7) is 5.74. The second kappa shape index (κ2) is 28.9. The predicted octanol–water partition coefficient (Wildman–Crippen LogP) is 10.4. The molecule has 6 aromatic heterocycles. The number of amides is 3. The number of carbonyl (C=O) groups is 3. The minimum atomic E-state index is -3.89. The number of anilines is 3. The van der Waals surface area contributed by atoms with Gasteiger partial charge in [-0.2, -0.15) is 67.6 Å². The van der Waals surface area contributed by atoms with Crippen molar-refractivity contribution in [3.05, 3.63) is 174 Å². The van der Waals surface area contributed by atoms with Crippen molar-refractivity contribution < 1.29 is 52.8 Å². The molecule has 3 fully saturated rings. The van der Waals surface area contributed by atoms with Crippen molar-refractivity contribution in [1.82, 2.24) is 56.4 Å². The van der Waals surface area contributed by atoms with Crippen molar-refractivity contribution in [2.45, 2.75) is 76.3 Å². The van der Waals surface area contributed by atoms with Gasteiger partial charge in [0.05, 0.1) is 50.3 Å². The van der Waals surface area contributed by atoms with Crippen LogP contribution in [-0.2, 0) is 66.2 Å². The molecule has 0 radical (unpaired) electrons. The molecule has 6 N–H and O–H groups in total. The lowest BCUT2D eigenvalue weighted by molar-refractivity contribution is -0.120. The zero-order valence-electron chi connectivity index (χ0n) is 52.4. The third-order valence-corrected chi connectivity index (χ3v) is 25.3. The summed E-state index contributed by atoms with van der Waals surface area (Å²) in [7, 11) is -2.12. The Morgan fingerprint density at radius 1 is 0.438 bits per heavy atom. The summed E-state index contributed by atoms with van der Waals surface area (Å²) in [5.74, 6) is -3.39. The fraction of sp³-hybridized carbons (Fsp3) is 0.300. The zero-order chi connectivity index (χ0) is 69.6. The van der Waals surface area contributed by atoms with Gasteiger partial charge >= 0.3 is 0 Å². The normalized spacial score (nSPS) is 20.9. The number of carbonyl (C=O) groups excluding carboxylic acids is 3. The maximum atomic E-state index is 13.4. The standard InChI is InChI=1S/3C20H21ClFN5O3S2/c3*1-11-13(10-26(2)24-11)18-6-7-19(31-18)16-9-17(27(3)32(29,30)25-16)20(28)23-12-4-5-15(22)14(21)8-12/h3*4-8,10,16-17,25H,9H2,1-3H3,(H,23,28)/t2*16-,17+;/m10./s1. The summed E-state index contributed by atoms with van der Waals surface area (Å²) in [5.41, 5.74) is 6.40. The lowest BCUT2D eigenvalue weighted by Crippen LogP contribution is -2.55. The Hall–Kier alpha value is -6.93. The third kappa shape index (κ3) is 16.1. The quantitative estimate of drug-likeness (QED) is 0.0666. The van der Waals surface area contributed by atoms with Gasteiger partial charge in [0.2, 0.25) is 17.7 Å². The number of hydrogen-bond acceptors (Lipinski definition) is 15. The fourth-order valence-corrected chi connectivity index (χ4v) is 18.8. The number of likely N-dealkylation sites (N-methyl/N-ethyl adjacent to an activating group) is 3.